The SMILES string of the molecule is CCC(C)N1CC(CCO)CC(NC(=O)OC(C)(C)C)C1. The van der Waals surface area contributed by atoms with E-state index in [1.807, 2.05) is 20.8 Å². The Kier molecular flexibility index (Phi) is 6.94. The van der Waals surface area contributed by atoms with Crippen molar-refractivity contribution < 1.29 is 14.6 Å². The Morgan fingerprint density at radius 1 is 1.43 bits per heavy atom. The Hall–Kier alpha value is -0.810. The van der Waals surface area contributed by atoms with Crippen molar-refractivity contribution in [3.63, 3.8) is 0 Å². The van der Waals surface area contributed by atoms with Crippen molar-refractivity contribution in [2.45, 2.75) is 71.6 Å². The van der Waals surface area contributed by atoms with Crippen LogP contribution in [0, 0.1) is 5.92 Å². The number of piperidine rings is 1. The number of carbonyl (C=O) groups is 1. The predicted molar refractivity (Wildman–Crippen MR) is 84.3 cm³/mol. The third-order valence-corrected chi connectivity index (χ3v) is 4.04. The van der Waals surface area contributed by atoms with Crippen LogP contribution in [0.1, 0.15) is 53.9 Å². The van der Waals surface area contributed by atoms with Crippen LogP contribution in [-0.2, 0) is 4.74 Å². The molecule has 0 aromatic rings. The third-order valence-electron chi connectivity index (χ3n) is 4.04. The van der Waals surface area contributed by atoms with Gasteiger partial charge in [0.05, 0.1) is 0 Å². The Morgan fingerprint density at radius 3 is 2.62 bits per heavy atom. The van der Waals surface area contributed by atoms with E-state index in [4.69, 9.17) is 4.74 Å². The van der Waals surface area contributed by atoms with E-state index in [0.29, 0.717) is 12.0 Å². The molecule has 0 radical (unpaired) electrons. The fourth-order valence-electron chi connectivity index (χ4n) is 2.83. The molecule has 0 aliphatic carbocycles. The molecule has 3 unspecified atom stereocenters. The molecular weight excluding hydrogens is 268 g/mol. The Bertz CT molecular complexity index is 328. The summed E-state index contributed by atoms with van der Waals surface area (Å²) in [6, 6.07) is 0.591. The van der Waals surface area contributed by atoms with E-state index in [9.17, 15) is 9.90 Å². The Balaban J connectivity index is 2.60. The number of amides is 1. The van der Waals surface area contributed by atoms with E-state index in [2.05, 4.69) is 24.1 Å². The molecule has 1 amide bonds. The molecule has 1 aliphatic heterocycles. The topological polar surface area (TPSA) is 61.8 Å². The van der Waals surface area contributed by atoms with Crippen LogP contribution in [0.15, 0.2) is 0 Å². The van der Waals surface area contributed by atoms with Gasteiger partial charge in [-0.05, 0) is 52.9 Å². The van der Waals surface area contributed by atoms with Crippen molar-refractivity contribution in [1.29, 1.82) is 0 Å². The smallest absolute Gasteiger partial charge is 0.407 e. The molecule has 1 rings (SSSR count). The van der Waals surface area contributed by atoms with Crippen LogP contribution in [0.25, 0.3) is 0 Å². The van der Waals surface area contributed by atoms with Gasteiger partial charge >= 0.3 is 6.09 Å². The second-order valence-corrected chi connectivity index (χ2v) is 7.17. The van der Waals surface area contributed by atoms with Gasteiger partial charge in [0.1, 0.15) is 5.60 Å². The van der Waals surface area contributed by atoms with Gasteiger partial charge in [-0.3, -0.25) is 4.90 Å². The van der Waals surface area contributed by atoms with Crippen LogP contribution in [-0.4, -0.2) is 53.5 Å². The van der Waals surface area contributed by atoms with Crippen molar-refractivity contribution in [2.75, 3.05) is 19.7 Å². The van der Waals surface area contributed by atoms with Crippen LogP contribution >= 0.6 is 0 Å². The average molecular weight is 300 g/mol. The average Bonchev–Trinajstić information content (AvgIpc) is 2.35. The first-order valence-corrected chi connectivity index (χ1v) is 8.09. The molecule has 5 nitrogen and oxygen atoms in total. The minimum atomic E-state index is -0.473. The van der Waals surface area contributed by atoms with Gasteiger partial charge in [0.25, 0.3) is 0 Å². The normalized spacial score (nSPS) is 25.4. The summed E-state index contributed by atoms with van der Waals surface area (Å²) < 4.78 is 5.34. The molecule has 3 atom stereocenters. The van der Waals surface area contributed by atoms with Crippen LogP contribution in [0.5, 0.6) is 0 Å². The summed E-state index contributed by atoms with van der Waals surface area (Å²) in [4.78, 5) is 14.3. The molecule has 0 spiro atoms. The zero-order valence-electron chi connectivity index (χ0n) is 14.2. The number of hydrogen-bond acceptors (Lipinski definition) is 4. The molecule has 1 heterocycles. The van der Waals surface area contributed by atoms with Crippen LogP contribution in [0.4, 0.5) is 4.79 Å². The second-order valence-electron chi connectivity index (χ2n) is 7.17. The summed E-state index contributed by atoms with van der Waals surface area (Å²) in [5, 5.41) is 12.2. The second kappa shape index (κ2) is 7.99. The molecular formula is C16H32N2O3. The van der Waals surface area contributed by atoms with Gasteiger partial charge in [-0.2, -0.15) is 0 Å². The number of ether oxygens (including phenoxy) is 1. The van der Waals surface area contributed by atoms with E-state index >= 15 is 0 Å². The summed E-state index contributed by atoms with van der Waals surface area (Å²) >= 11 is 0. The summed E-state index contributed by atoms with van der Waals surface area (Å²) in [6.45, 7) is 12.1. The lowest BCUT2D eigenvalue weighted by Gasteiger charge is -2.41. The van der Waals surface area contributed by atoms with E-state index in [-0.39, 0.29) is 18.7 Å². The largest absolute Gasteiger partial charge is 0.444 e. The zero-order valence-corrected chi connectivity index (χ0v) is 14.2. The summed E-state index contributed by atoms with van der Waals surface area (Å²) in [6.07, 6.45) is 2.44. The molecule has 0 aromatic carbocycles. The Morgan fingerprint density at radius 2 is 2.10 bits per heavy atom. The van der Waals surface area contributed by atoms with Gasteiger partial charge in [0.15, 0.2) is 0 Å². The van der Waals surface area contributed by atoms with Crippen molar-refractivity contribution in [2.24, 2.45) is 5.92 Å². The van der Waals surface area contributed by atoms with Crippen LogP contribution in [0.2, 0.25) is 0 Å². The predicted octanol–water partition coefficient (Wildman–Crippen LogP) is 2.38. The number of hydrogen-bond donors (Lipinski definition) is 2. The maximum atomic E-state index is 11.9. The van der Waals surface area contributed by atoms with Gasteiger partial charge in [0.2, 0.25) is 0 Å². The van der Waals surface area contributed by atoms with Crippen LogP contribution < -0.4 is 5.32 Å². The fraction of sp³-hybridized carbons (Fsp3) is 0.938. The standard InChI is InChI=1S/C16H32N2O3/c1-6-12(2)18-10-13(7-8-19)9-14(11-18)17-15(20)21-16(3,4)5/h12-14,19H,6-11H2,1-5H3,(H,17,20). The molecule has 21 heavy (non-hydrogen) atoms. The molecule has 5 heteroatoms. The lowest BCUT2D eigenvalue weighted by Crippen LogP contribution is -2.53. The highest BCUT2D eigenvalue weighted by Crippen LogP contribution is 2.22. The van der Waals surface area contributed by atoms with E-state index in [0.717, 1.165) is 32.4 Å². The van der Waals surface area contributed by atoms with Crippen molar-refractivity contribution >= 4 is 6.09 Å². The lowest BCUT2D eigenvalue weighted by molar-refractivity contribution is 0.0404. The monoisotopic (exact) mass is 300 g/mol. The molecule has 0 bridgehead atoms. The zero-order chi connectivity index (χ0) is 16.0. The fourth-order valence-corrected chi connectivity index (χ4v) is 2.83. The van der Waals surface area contributed by atoms with Crippen molar-refractivity contribution in [1.82, 2.24) is 10.2 Å². The highest BCUT2D eigenvalue weighted by Gasteiger charge is 2.30. The van der Waals surface area contributed by atoms with E-state index in [1.165, 1.54) is 0 Å². The molecule has 1 fully saturated rings. The van der Waals surface area contributed by atoms with Gasteiger partial charge in [-0.25, -0.2) is 4.79 Å². The van der Waals surface area contributed by atoms with Crippen molar-refractivity contribution in [3.05, 3.63) is 0 Å². The number of carbonyl (C=O) groups excluding carboxylic acids is 1. The molecule has 2 N–H and O–H groups in total. The Labute approximate surface area is 129 Å². The number of aliphatic hydroxyl groups excluding tert-OH is 1. The van der Waals surface area contributed by atoms with E-state index in [1.54, 1.807) is 0 Å². The summed E-state index contributed by atoms with van der Waals surface area (Å²) in [7, 11) is 0. The minimum absolute atomic E-state index is 0.0964. The summed E-state index contributed by atoms with van der Waals surface area (Å²) in [5.41, 5.74) is -0.473. The number of aliphatic hydroxyl groups is 1. The number of nitrogens with one attached hydrogen (secondary N) is 1. The maximum Gasteiger partial charge on any atom is 0.407 e. The highest BCUT2D eigenvalue weighted by atomic mass is 16.6. The van der Waals surface area contributed by atoms with Gasteiger partial charge < -0.3 is 15.2 Å². The number of rotatable bonds is 5. The summed E-state index contributed by atoms with van der Waals surface area (Å²) in [5.74, 6) is 0.428. The molecule has 1 saturated heterocycles. The van der Waals surface area contributed by atoms with Crippen LogP contribution in [0.3, 0.4) is 0 Å². The maximum absolute atomic E-state index is 11.9. The molecule has 0 aromatic heterocycles. The minimum Gasteiger partial charge on any atom is -0.444 e. The first-order valence-electron chi connectivity index (χ1n) is 8.09. The third kappa shape index (κ3) is 6.66. The number of nitrogens with zero attached hydrogens (tertiary/aromatic N) is 1. The van der Waals surface area contributed by atoms with Crippen molar-refractivity contribution in [3.8, 4) is 0 Å². The first-order chi connectivity index (χ1) is 9.75. The molecule has 1 aliphatic rings. The quantitative estimate of drug-likeness (QED) is 0.818. The van der Waals surface area contributed by atoms with Gasteiger partial charge in [-0.15, -0.1) is 0 Å². The lowest BCUT2D eigenvalue weighted by atomic mass is 9.90. The van der Waals surface area contributed by atoms with Gasteiger partial charge in [0, 0.05) is 31.8 Å². The highest BCUT2D eigenvalue weighted by molar-refractivity contribution is 5.68. The molecule has 0 saturated carbocycles. The molecule has 124 valence electrons. The number of alkyl carbamates (subject to hydrolysis) is 1. The van der Waals surface area contributed by atoms with Gasteiger partial charge in [-0.1, -0.05) is 6.92 Å². The number of likely N-dealkylation sites (tertiary alicyclic amines) is 1. The first kappa shape index (κ1) is 18.2. The van der Waals surface area contributed by atoms with E-state index < -0.39 is 5.60 Å².